The second-order valence-corrected chi connectivity index (χ2v) is 10.5. The van der Waals surface area contributed by atoms with Gasteiger partial charge in [-0.1, -0.05) is 0 Å². The highest BCUT2D eigenvalue weighted by Gasteiger charge is 2.17. The number of nitrogen functional groups attached to an aromatic ring is 1. The molecule has 0 aliphatic rings. The highest BCUT2D eigenvalue weighted by molar-refractivity contribution is 7.91. The zero-order valence-corrected chi connectivity index (χ0v) is 17.8. The van der Waals surface area contributed by atoms with Gasteiger partial charge in [0.1, 0.15) is 4.90 Å². The first kappa shape index (κ1) is 23.8. The summed E-state index contributed by atoms with van der Waals surface area (Å²) in [6.45, 7) is 0.845. The van der Waals surface area contributed by atoms with E-state index >= 15 is 0 Å². The molecule has 0 saturated carbocycles. The van der Waals surface area contributed by atoms with Gasteiger partial charge in [-0.15, -0.1) is 0 Å². The van der Waals surface area contributed by atoms with Crippen molar-refractivity contribution in [1.29, 1.82) is 0 Å². The minimum atomic E-state index is -4.74. The summed E-state index contributed by atoms with van der Waals surface area (Å²) in [5.74, 6) is -0.684. The van der Waals surface area contributed by atoms with Gasteiger partial charge in [-0.3, -0.25) is 9.11 Å². The van der Waals surface area contributed by atoms with E-state index in [9.17, 15) is 29.8 Å². The SMILES string of the molecule is Cc1cc(N)c(S(=O)(=O)O)cc1N=Nc1ccc(S(=O)(=O)CCOS(=O)(=O)O)cc1. The lowest BCUT2D eigenvalue weighted by atomic mass is 10.2. The molecule has 164 valence electrons. The van der Waals surface area contributed by atoms with E-state index in [1.165, 1.54) is 30.3 Å². The first-order valence-electron chi connectivity index (χ1n) is 7.93. The fourth-order valence-corrected chi connectivity index (χ4v) is 4.34. The van der Waals surface area contributed by atoms with Gasteiger partial charge in [0.05, 0.1) is 34.3 Å². The first-order chi connectivity index (χ1) is 13.7. The van der Waals surface area contributed by atoms with Crippen molar-refractivity contribution in [1.82, 2.24) is 0 Å². The Labute approximate surface area is 173 Å². The Morgan fingerprint density at radius 1 is 0.967 bits per heavy atom. The van der Waals surface area contributed by atoms with Crippen molar-refractivity contribution in [2.45, 2.75) is 16.7 Å². The molecule has 0 amide bonds. The van der Waals surface area contributed by atoms with Crippen molar-refractivity contribution in [3.05, 3.63) is 42.0 Å². The summed E-state index contributed by atoms with van der Waals surface area (Å²) in [6, 6.07) is 7.40. The van der Waals surface area contributed by atoms with Gasteiger partial charge in [0, 0.05) is 0 Å². The van der Waals surface area contributed by atoms with Crippen LogP contribution in [-0.2, 0) is 34.5 Å². The van der Waals surface area contributed by atoms with Gasteiger partial charge in [-0.05, 0) is 48.9 Å². The van der Waals surface area contributed by atoms with Crippen molar-refractivity contribution in [3.8, 4) is 0 Å². The predicted molar refractivity (Wildman–Crippen MR) is 106 cm³/mol. The smallest absolute Gasteiger partial charge is 0.397 e. The quantitative estimate of drug-likeness (QED) is 0.284. The van der Waals surface area contributed by atoms with Crippen LogP contribution < -0.4 is 5.73 Å². The van der Waals surface area contributed by atoms with E-state index in [0.717, 1.165) is 6.07 Å². The molecule has 0 atom stereocenters. The van der Waals surface area contributed by atoms with E-state index in [2.05, 4.69) is 14.4 Å². The van der Waals surface area contributed by atoms with E-state index in [4.69, 9.17) is 10.3 Å². The van der Waals surface area contributed by atoms with Crippen LogP contribution >= 0.6 is 0 Å². The second kappa shape index (κ2) is 8.75. The standard InChI is InChI=1S/C15H17N3O9S3/c1-10-8-13(16)15(29(21,22)23)9-14(10)18-17-11-2-4-12(5-3-11)28(19,20)7-6-27-30(24,25)26/h2-5,8-9H,6-7,16H2,1H3,(H,21,22,23)(H,24,25,26). The lowest BCUT2D eigenvalue weighted by molar-refractivity contribution is 0.284. The lowest BCUT2D eigenvalue weighted by Crippen LogP contribution is -2.15. The van der Waals surface area contributed by atoms with E-state index in [-0.39, 0.29) is 22.0 Å². The fraction of sp³-hybridized carbons (Fsp3) is 0.200. The Bertz CT molecular complexity index is 1280. The molecule has 2 aromatic carbocycles. The summed E-state index contributed by atoms with van der Waals surface area (Å²) < 4.78 is 89.5. The number of anilines is 1. The van der Waals surface area contributed by atoms with Gasteiger partial charge in [0.15, 0.2) is 9.84 Å². The fourth-order valence-electron chi connectivity index (χ4n) is 2.23. The molecule has 2 aromatic rings. The van der Waals surface area contributed by atoms with E-state index in [1.54, 1.807) is 6.92 Å². The molecule has 0 bridgehead atoms. The minimum Gasteiger partial charge on any atom is -0.398 e. The molecule has 30 heavy (non-hydrogen) atoms. The average Bonchev–Trinajstić information content (AvgIpc) is 2.59. The van der Waals surface area contributed by atoms with Crippen LogP contribution in [0.4, 0.5) is 17.1 Å². The number of hydrogen-bond donors (Lipinski definition) is 3. The van der Waals surface area contributed by atoms with Crippen LogP contribution in [0.3, 0.4) is 0 Å². The maximum Gasteiger partial charge on any atom is 0.397 e. The highest BCUT2D eigenvalue weighted by Crippen LogP contribution is 2.30. The van der Waals surface area contributed by atoms with Crippen molar-refractivity contribution >= 4 is 47.4 Å². The molecular formula is C15H17N3O9S3. The number of sulfone groups is 1. The number of aryl methyl sites for hydroxylation is 1. The Morgan fingerprint density at radius 2 is 1.57 bits per heavy atom. The Morgan fingerprint density at radius 3 is 2.10 bits per heavy atom. The van der Waals surface area contributed by atoms with Gasteiger partial charge in [0.25, 0.3) is 10.1 Å². The van der Waals surface area contributed by atoms with Crippen LogP contribution in [0.2, 0.25) is 0 Å². The second-order valence-electron chi connectivity index (χ2n) is 5.91. The summed E-state index contributed by atoms with van der Waals surface area (Å²) in [5.41, 5.74) is 6.26. The first-order valence-corrected chi connectivity index (χ1v) is 12.4. The summed E-state index contributed by atoms with van der Waals surface area (Å²) in [4.78, 5) is -0.659. The van der Waals surface area contributed by atoms with E-state index in [0.29, 0.717) is 5.56 Å². The average molecular weight is 480 g/mol. The van der Waals surface area contributed by atoms with Gasteiger partial charge in [-0.25, -0.2) is 12.6 Å². The highest BCUT2D eigenvalue weighted by atomic mass is 32.3. The monoisotopic (exact) mass is 479 g/mol. The molecule has 15 heteroatoms. The summed E-state index contributed by atoms with van der Waals surface area (Å²) in [7, 11) is -13.2. The predicted octanol–water partition coefficient (Wildman–Crippen LogP) is 1.83. The van der Waals surface area contributed by atoms with E-state index < -0.39 is 47.6 Å². The molecular weight excluding hydrogens is 462 g/mol. The van der Waals surface area contributed by atoms with Crippen LogP contribution in [0.15, 0.2) is 56.4 Å². The Hall–Kier alpha value is -2.43. The molecule has 0 saturated heterocycles. The maximum atomic E-state index is 12.1. The summed E-state index contributed by atoms with van der Waals surface area (Å²) in [5, 5.41) is 7.77. The van der Waals surface area contributed by atoms with E-state index in [1.807, 2.05) is 0 Å². The third-order valence-corrected chi connectivity index (χ3v) is 6.73. The lowest BCUT2D eigenvalue weighted by Gasteiger charge is -2.06. The number of benzene rings is 2. The van der Waals surface area contributed by atoms with Crippen LogP contribution in [0, 0.1) is 6.92 Å². The molecule has 0 spiro atoms. The molecule has 4 N–H and O–H groups in total. The molecule has 0 fully saturated rings. The van der Waals surface area contributed by atoms with Gasteiger partial charge < -0.3 is 5.73 Å². The molecule has 12 nitrogen and oxygen atoms in total. The van der Waals surface area contributed by atoms with Crippen molar-refractivity contribution in [2.75, 3.05) is 18.1 Å². The molecule has 0 unspecified atom stereocenters. The van der Waals surface area contributed by atoms with Gasteiger partial charge >= 0.3 is 10.4 Å². The van der Waals surface area contributed by atoms with Crippen LogP contribution in [-0.4, -0.2) is 46.7 Å². The zero-order chi connectivity index (χ0) is 22.7. The number of nitrogens with zero attached hydrogens (tertiary/aromatic N) is 2. The number of nitrogens with two attached hydrogens (primary N) is 1. The van der Waals surface area contributed by atoms with Crippen LogP contribution in [0.25, 0.3) is 0 Å². The van der Waals surface area contributed by atoms with Crippen molar-refractivity contribution in [3.63, 3.8) is 0 Å². The summed E-state index contributed by atoms with van der Waals surface area (Å²) in [6.07, 6.45) is 0. The molecule has 0 radical (unpaired) electrons. The number of rotatable bonds is 8. The maximum absolute atomic E-state index is 12.1. The third-order valence-electron chi connectivity index (χ3n) is 3.66. The van der Waals surface area contributed by atoms with Gasteiger partial charge in [-0.2, -0.15) is 27.1 Å². The largest absolute Gasteiger partial charge is 0.398 e. The number of hydrogen-bond acceptors (Lipinski definition) is 10. The summed E-state index contributed by atoms with van der Waals surface area (Å²) >= 11 is 0. The Kier molecular flexibility index (Phi) is 6.95. The molecule has 0 heterocycles. The number of azo groups is 1. The molecule has 2 rings (SSSR count). The topological polar surface area (TPSA) is 203 Å². The van der Waals surface area contributed by atoms with Crippen molar-refractivity contribution in [2.24, 2.45) is 10.2 Å². The third kappa shape index (κ3) is 6.54. The zero-order valence-electron chi connectivity index (χ0n) is 15.3. The van der Waals surface area contributed by atoms with Crippen molar-refractivity contribution < 1.29 is 38.5 Å². The molecule has 0 aliphatic carbocycles. The Balaban J connectivity index is 2.21. The van der Waals surface area contributed by atoms with Crippen LogP contribution in [0.1, 0.15) is 5.56 Å². The minimum absolute atomic E-state index is 0.121. The van der Waals surface area contributed by atoms with Crippen LogP contribution in [0.5, 0.6) is 0 Å². The normalized spacial score (nSPS) is 13.0. The molecule has 0 aliphatic heterocycles. The molecule has 0 aromatic heterocycles. The van der Waals surface area contributed by atoms with Gasteiger partial charge in [0.2, 0.25) is 0 Å².